The fourth-order valence-electron chi connectivity index (χ4n) is 5.22. The average molecular weight is 603 g/mol. The van der Waals surface area contributed by atoms with Gasteiger partial charge in [-0.05, 0) is 60.5 Å². The normalized spacial score (nSPS) is 11.3. The van der Waals surface area contributed by atoms with Crippen LogP contribution in [-0.4, -0.2) is 32.7 Å². The van der Waals surface area contributed by atoms with Crippen molar-refractivity contribution in [3.05, 3.63) is 120 Å². The van der Waals surface area contributed by atoms with Crippen molar-refractivity contribution in [2.45, 2.75) is 13.5 Å². The Balaban J connectivity index is 1.40. The predicted molar refractivity (Wildman–Crippen MR) is 169 cm³/mol. The van der Waals surface area contributed by atoms with Crippen LogP contribution in [0.3, 0.4) is 0 Å². The van der Waals surface area contributed by atoms with Gasteiger partial charge in [-0.2, -0.15) is 0 Å². The number of hydrogen-bond donors (Lipinski definition) is 2. The molecule has 9 heteroatoms. The van der Waals surface area contributed by atoms with Crippen molar-refractivity contribution >= 4 is 38.3 Å². The minimum atomic E-state index is -0.594. The minimum absolute atomic E-state index is 0.0228. The summed E-state index contributed by atoms with van der Waals surface area (Å²) < 4.78 is 19.9. The van der Waals surface area contributed by atoms with E-state index in [1.807, 2.05) is 73.7 Å². The smallest absolute Gasteiger partial charge is 0.242 e. The van der Waals surface area contributed by atoms with Gasteiger partial charge in [-0.3, -0.25) is 9.36 Å². The van der Waals surface area contributed by atoms with E-state index in [0.717, 1.165) is 26.7 Å². The number of ketones is 1. The summed E-state index contributed by atoms with van der Waals surface area (Å²) in [5.41, 5.74) is 3.90. The van der Waals surface area contributed by atoms with E-state index in [1.165, 1.54) is 23.0 Å². The number of ether oxygens (including phenoxy) is 2. The molecule has 0 bridgehead atoms. The van der Waals surface area contributed by atoms with Gasteiger partial charge in [-0.1, -0.05) is 65.9 Å². The van der Waals surface area contributed by atoms with Crippen LogP contribution >= 0.6 is 11.3 Å². The molecule has 0 saturated carbocycles. The largest absolute Gasteiger partial charge is 0.503 e. The fourth-order valence-corrected chi connectivity index (χ4v) is 6.30. The van der Waals surface area contributed by atoms with Gasteiger partial charge in [-0.25, -0.2) is 4.98 Å². The number of benzene rings is 4. The van der Waals surface area contributed by atoms with Gasteiger partial charge in [0.25, 0.3) is 0 Å². The third kappa shape index (κ3) is 4.73. The summed E-state index contributed by atoms with van der Waals surface area (Å²) in [6.45, 7) is 2.32. The number of aryl methyl sites for hydroxylation is 1. The van der Waals surface area contributed by atoms with Gasteiger partial charge in [0, 0.05) is 10.9 Å². The zero-order chi connectivity index (χ0) is 30.4. The zero-order valence-corrected chi connectivity index (χ0v) is 24.6. The van der Waals surface area contributed by atoms with Gasteiger partial charge in [-0.15, -0.1) is 0 Å². The lowest BCUT2D eigenvalue weighted by molar-refractivity contribution is 0.101. The lowest BCUT2D eigenvalue weighted by Gasteiger charge is -2.14. The first-order valence-corrected chi connectivity index (χ1v) is 14.7. The molecular formula is C35H26N2O6S. The Labute approximate surface area is 256 Å². The van der Waals surface area contributed by atoms with E-state index in [2.05, 4.69) is 0 Å². The predicted octanol–water partition coefficient (Wildman–Crippen LogP) is 8.04. The standard InChI is InChI=1S/C35H26N2O6S/c1-20-12-14-24-29(16-20)44-35(36-24)37-31(23-13-15-26(27(18-23)41-2)42-19-21-8-4-3-5-9-21)30(33(39)34(37)40)32(38)28-17-22-10-6-7-11-25(22)43-28/h3-18,39-40H,19H2,1-2H3. The first kappa shape index (κ1) is 27.3. The van der Waals surface area contributed by atoms with E-state index in [0.29, 0.717) is 34.4 Å². The van der Waals surface area contributed by atoms with Crippen LogP contribution in [-0.2, 0) is 6.61 Å². The van der Waals surface area contributed by atoms with Crippen molar-refractivity contribution in [1.82, 2.24) is 9.55 Å². The maximum atomic E-state index is 14.1. The number of carbonyl (C=O) groups is 1. The van der Waals surface area contributed by atoms with E-state index in [4.69, 9.17) is 18.9 Å². The van der Waals surface area contributed by atoms with Gasteiger partial charge in [0.1, 0.15) is 12.2 Å². The van der Waals surface area contributed by atoms with Gasteiger partial charge < -0.3 is 24.1 Å². The van der Waals surface area contributed by atoms with E-state index < -0.39 is 17.4 Å². The summed E-state index contributed by atoms with van der Waals surface area (Å²) in [6.07, 6.45) is 0. The number of furan rings is 1. The van der Waals surface area contributed by atoms with E-state index in [-0.39, 0.29) is 17.0 Å². The molecule has 2 N–H and O–H groups in total. The fraction of sp³-hybridized carbons (Fsp3) is 0.0857. The molecule has 44 heavy (non-hydrogen) atoms. The number of aromatic hydroxyl groups is 2. The number of rotatable bonds is 8. The van der Waals surface area contributed by atoms with Crippen LogP contribution in [0.1, 0.15) is 27.2 Å². The van der Waals surface area contributed by atoms with Crippen molar-refractivity contribution in [2.75, 3.05) is 7.11 Å². The van der Waals surface area contributed by atoms with Crippen molar-refractivity contribution in [1.29, 1.82) is 0 Å². The molecule has 8 nitrogen and oxygen atoms in total. The van der Waals surface area contributed by atoms with Gasteiger partial charge in [0.15, 0.2) is 28.1 Å². The molecule has 3 heterocycles. The Hall–Kier alpha value is -5.54. The molecule has 7 aromatic rings. The molecule has 0 unspecified atom stereocenters. The van der Waals surface area contributed by atoms with Crippen LogP contribution in [0.15, 0.2) is 101 Å². The maximum Gasteiger partial charge on any atom is 0.242 e. The number of thiazole rings is 1. The molecule has 0 saturated heterocycles. The third-order valence-corrected chi connectivity index (χ3v) is 8.40. The molecule has 0 amide bonds. The van der Waals surface area contributed by atoms with Crippen molar-refractivity contribution in [3.8, 4) is 39.5 Å². The van der Waals surface area contributed by atoms with Crippen molar-refractivity contribution < 1.29 is 28.9 Å². The topological polar surface area (TPSA) is 107 Å². The summed E-state index contributed by atoms with van der Waals surface area (Å²) in [5.74, 6) is -0.764. The molecule has 3 aromatic heterocycles. The molecular weight excluding hydrogens is 576 g/mol. The first-order valence-electron chi connectivity index (χ1n) is 13.8. The monoisotopic (exact) mass is 602 g/mol. The van der Waals surface area contributed by atoms with Crippen LogP contribution in [0.2, 0.25) is 0 Å². The van der Waals surface area contributed by atoms with Crippen LogP contribution in [0.25, 0.3) is 37.6 Å². The Morgan fingerprint density at radius 1 is 0.932 bits per heavy atom. The van der Waals surface area contributed by atoms with E-state index in [1.54, 1.807) is 30.3 Å². The number of nitrogens with zero attached hydrogens (tertiary/aromatic N) is 2. The van der Waals surface area contributed by atoms with Crippen LogP contribution in [0, 0.1) is 6.92 Å². The quantitative estimate of drug-likeness (QED) is 0.170. The Kier molecular flexibility index (Phi) is 6.79. The number of para-hydroxylation sites is 1. The highest BCUT2D eigenvalue weighted by atomic mass is 32.1. The molecule has 0 atom stereocenters. The molecule has 0 aliphatic carbocycles. The molecule has 0 fully saturated rings. The number of methoxy groups -OCH3 is 1. The van der Waals surface area contributed by atoms with Gasteiger partial charge >= 0.3 is 0 Å². The maximum absolute atomic E-state index is 14.1. The first-order chi connectivity index (χ1) is 21.4. The van der Waals surface area contributed by atoms with Gasteiger partial charge in [0.05, 0.1) is 28.6 Å². The lowest BCUT2D eigenvalue weighted by Crippen LogP contribution is -2.04. The highest BCUT2D eigenvalue weighted by Crippen LogP contribution is 2.47. The highest BCUT2D eigenvalue weighted by molar-refractivity contribution is 7.20. The molecule has 0 radical (unpaired) electrons. The molecule has 4 aromatic carbocycles. The van der Waals surface area contributed by atoms with Crippen LogP contribution in [0.5, 0.6) is 23.1 Å². The molecule has 7 rings (SSSR count). The second kappa shape index (κ2) is 10.9. The molecule has 0 aliphatic heterocycles. The van der Waals surface area contributed by atoms with E-state index in [9.17, 15) is 15.0 Å². The molecule has 0 aliphatic rings. The summed E-state index contributed by atoms with van der Waals surface area (Å²) in [6, 6.07) is 29.7. The average Bonchev–Trinajstić information content (AvgIpc) is 3.74. The SMILES string of the molecule is COc1cc(-c2c(C(=O)c3cc4ccccc4o3)c(O)c(O)n2-c2nc3ccc(C)cc3s2)ccc1OCc1ccccc1. The third-order valence-electron chi connectivity index (χ3n) is 7.40. The zero-order valence-electron chi connectivity index (χ0n) is 23.8. The lowest BCUT2D eigenvalue weighted by atomic mass is 10.0. The summed E-state index contributed by atoms with van der Waals surface area (Å²) >= 11 is 1.33. The number of carbonyl (C=O) groups excluding carboxylic acids is 1. The minimum Gasteiger partial charge on any atom is -0.503 e. The van der Waals surface area contributed by atoms with E-state index >= 15 is 0 Å². The van der Waals surface area contributed by atoms with Crippen molar-refractivity contribution in [3.63, 3.8) is 0 Å². The molecule has 218 valence electrons. The van der Waals surface area contributed by atoms with Crippen LogP contribution in [0.4, 0.5) is 0 Å². The summed E-state index contributed by atoms with van der Waals surface area (Å²) in [4.78, 5) is 18.8. The Morgan fingerprint density at radius 3 is 2.52 bits per heavy atom. The molecule has 0 spiro atoms. The second-order valence-corrected chi connectivity index (χ2v) is 11.3. The summed E-state index contributed by atoms with van der Waals surface area (Å²) in [5, 5.41) is 23.8. The highest BCUT2D eigenvalue weighted by Gasteiger charge is 2.33. The number of aromatic nitrogens is 2. The Bertz CT molecular complexity index is 2140. The Morgan fingerprint density at radius 2 is 1.73 bits per heavy atom. The second-order valence-electron chi connectivity index (χ2n) is 10.3. The van der Waals surface area contributed by atoms with Gasteiger partial charge in [0.2, 0.25) is 11.7 Å². The number of fused-ring (bicyclic) bond motifs is 2. The summed E-state index contributed by atoms with van der Waals surface area (Å²) in [7, 11) is 1.53. The van der Waals surface area contributed by atoms with Crippen LogP contribution < -0.4 is 9.47 Å². The number of hydrogen-bond acceptors (Lipinski definition) is 8. The van der Waals surface area contributed by atoms with Crippen molar-refractivity contribution in [2.24, 2.45) is 0 Å².